The molecule has 0 aliphatic carbocycles. The van der Waals surface area contributed by atoms with Crippen molar-refractivity contribution in [3.05, 3.63) is 59.7 Å². The van der Waals surface area contributed by atoms with Crippen molar-refractivity contribution in [3.8, 4) is 17.4 Å². The van der Waals surface area contributed by atoms with Gasteiger partial charge in [-0.25, -0.2) is 24.3 Å². The van der Waals surface area contributed by atoms with Crippen LogP contribution in [-0.2, 0) is 6.42 Å². The molecule has 0 radical (unpaired) electrons. The Kier molecular flexibility index (Phi) is 5.43. The van der Waals surface area contributed by atoms with Gasteiger partial charge in [-0.1, -0.05) is 0 Å². The van der Waals surface area contributed by atoms with Gasteiger partial charge in [-0.15, -0.1) is 0 Å². The van der Waals surface area contributed by atoms with Crippen LogP contribution >= 0.6 is 11.8 Å². The maximum atomic E-state index is 14.4. The van der Waals surface area contributed by atoms with Gasteiger partial charge in [0.25, 0.3) is 0 Å². The summed E-state index contributed by atoms with van der Waals surface area (Å²) < 4.78 is 34.3. The van der Waals surface area contributed by atoms with Crippen molar-refractivity contribution in [2.24, 2.45) is 5.92 Å². The highest BCUT2D eigenvalue weighted by Gasteiger charge is 2.28. The molecule has 31 heavy (non-hydrogen) atoms. The number of aromatic nitrogens is 4. The Labute approximate surface area is 183 Å². The summed E-state index contributed by atoms with van der Waals surface area (Å²) in [6, 6.07) is 4.47. The molecule has 0 spiro atoms. The Morgan fingerprint density at radius 3 is 2.68 bits per heavy atom. The smallest absolute Gasteiger partial charge is 0.200 e. The standard InChI is InChI=1S/C22H21F2N5OS/c1-13-16-9-27-22(21-25-4-2-5-26-21)28-18(16)3-6-29(13)15-7-17(23)20(24)19(8-15)30-10-14-11-31-12-14/h2,4-5,7-9,13-14H,3,6,10-12H2,1H3. The van der Waals surface area contributed by atoms with E-state index >= 15 is 0 Å². The maximum Gasteiger partial charge on any atom is 0.200 e. The SMILES string of the molecule is CC1c2cnc(-c3ncccn3)nc2CCN1c1cc(F)c(F)c(OCC2CSC2)c1. The molecule has 0 bridgehead atoms. The number of ether oxygens (including phenoxy) is 1. The summed E-state index contributed by atoms with van der Waals surface area (Å²) in [6.07, 6.45) is 5.73. The van der Waals surface area contributed by atoms with Gasteiger partial charge < -0.3 is 9.64 Å². The molecule has 160 valence electrons. The lowest BCUT2D eigenvalue weighted by Gasteiger charge is -2.36. The molecule has 6 nitrogen and oxygen atoms in total. The molecule has 1 fully saturated rings. The normalized spacial score (nSPS) is 18.4. The molecule has 1 unspecified atom stereocenters. The summed E-state index contributed by atoms with van der Waals surface area (Å²) in [6.45, 7) is 3.03. The van der Waals surface area contributed by atoms with Gasteiger partial charge in [0.2, 0.25) is 5.82 Å². The summed E-state index contributed by atoms with van der Waals surface area (Å²) in [5.41, 5.74) is 2.46. The molecule has 1 saturated heterocycles. The second kappa shape index (κ2) is 8.37. The van der Waals surface area contributed by atoms with Crippen LogP contribution < -0.4 is 9.64 Å². The van der Waals surface area contributed by atoms with Gasteiger partial charge in [0.1, 0.15) is 0 Å². The molecule has 2 aliphatic rings. The Hall–Kier alpha value is -2.81. The van der Waals surface area contributed by atoms with Gasteiger partial charge in [0, 0.05) is 72.4 Å². The molecule has 5 rings (SSSR count). The third kappa shape index (κ3) is 3.94. The quantitative estimate of drug-likeness (QED) is 0.591. The number of halogens is 2. The van der Waals surface area contributed by atoms with Crippen LogP contribution in [0.15, 0.2) is 36.8 Å². The second-order valence-electron chi connectivity index (χ2n) is 7.74. The summed E-state index contributed by atoms with van der Waals surface area (Å²) >= 11 is 1.83. The van der Waals surface area contributed by atoms with E-state index in [9.17, 15) is 8.78 Å². The number of hydrogen-bond donors (Lipinski definition) is 0. The highest BCUT2D eigenvalue weighted by Crippen LogP contribution is 2.36. The minimum Gasteiger partial charge on any atom is -0.490 e. The van der Waals surface area contributed by atoms with Crippen molar-refractivity contribution in [2.45, 2.75) is 19.4 Å². The van der Waals surface area contributed by atoms with Gasteiger partial charge in [-0.2, -0.15) is 16.2 Å². The van der Waals surface area contributed by atoms with E-state index in [0.29, 0.717) is 42.8 Å². The average Bonchev–Trinajstić information content (AvgIpc) is 2.76. The first-order valence-corrected chi connectivity index (χ1v) is 11.3. The number of thioether (sulfide) groups is 1. The number of anilines is 1. The monoisotopic (exact) mass is 441 g/mol. The van der Waals surface area contributed by atoms with Gasteiger partial charge in [0.05, 0.1) is 18.3 Å². The van der Waals surface area contributed by atoms with Crippen LogP contribution in [0.5, 0.6) is 5.75 Å². The fourth-order valence-electron chi connectivity index (χ4n) is 3.85. The number of hydrogen-bond acceptors (Lipinski definition) is 7. The van der Waals surface area contributed by atoms with Crippen molar-refractivity contribution in [2.75, 3.05) is 29.6 Å². The summed E-state index contributed by atoms with van der Waals surface area (Å²) in [7, 11) is 0. The minimum absolute atomic E-state index is 0.0299. The molecule has 2 aromatic heterocycles. The average molecular weight is 442 g/mol. The number of fused-ring (bicyclic) bond motifs is 1. The first-order valence-electron chi connectivity index (χ1n) is 10.2. The highest BCUT2D eigenvalue weighted by molar-refractivity contribution is 8.00. The second-order valence-corrected chi connectivity index (χ2v) is 8.82. The van der Waals surface area contributed by atoms with Crippen LogP contribution in [0.1, 0.15) is 24.2 Å². The third-order valence-electron chi connectivity index (χ3n) is 5.67. The molecule has 0 amide bonds. The third-order valence-corrected chi connectivity index (χ3v) is 7.08. The predicted octanol–water partition coefficient (Wildman–Crippen LogP) is 4.08. The fraction of sp³-hybridized carbons (Fsp3) is 0.364. The molecular weight excluding hydrogens is 420 g/mol. The van der Waals surface area contributed by atoms with E-state index in [1.54, 1.807) is 30.7 Å². The molecule has 1 aromatic carbocycles. The summed E-state index contributed by atoms with van der Waals surface area (Å²) in [5, 5.41) is 0. The first-order chi connectivity index (χ1) is 15.1. The summed E-state index contributed by atoms with van der Waals surface area (Å²) in [5.74, 6) is 1.50. The van der Waals surface area contributed by atoms with Crippen LogP contribution in [-0.4, -0.2) is 44.6 Å². The van der Waals surface area contributed by atoms with E-state index in [1.165, 1.54) is 6.07 Å². The van der Waals surface area contributed by atoms with Crippen LogP contribution in [0.2, 0.25) is 0 Å². The zero-order valence-corrected chi connectivity index (χ0v) is 17.8. The van der Waals surface area contributed by atoms with Gasteiger partial charge in [0.15, 0.2) is 23.2 Å². The highest BCUT2D eigenvalue weighted by atomic mass is 32.2. The molecule has 2 aliphatic heterocycles. The number of nitrogens with zero attached hydrogens (tertiary/aromatic N) is 5. The van der Waals surface area contributed by atoms with Crippen molar-refractivity contribution in [1.82, 2.24) is 19.9 Å². The van der Waals surface area contributed by atoms with Crippen molar-refractivity contribution in [3.63, 3.8) is 0 Å². The molecule has 1 atom stereocenters. The number of benzene rings is 1. The molecule has 0 N–H and O–H groups in total. The van der Waals surface area contributed by atoms with E-state index in [4.69, 9.17) is 4.74 Å². The fourth-order valence-corrected chi connectivity index (χ4v) is 4.61. The van der Waals surface area contributed by atoms with E-state index in [1.807, 2.05) is 23.6 Å². The van der Waals surface area contributed by atoms with E-state index in [2.05, 4.69) is 19.9 Å². The summed E-state index contributed by atoms with van der Waals surface area (Å²) in [4.78, 5) is 19.5. The first kappa shape index (κ1) is 20.1. The number of rotatable bonds is 5. The molecule has 3 aromatic rings. The van der Waals surface area contributed by atoms with Crippen molar-refractivity contribution in [1.29, 1.82) is 0 Å². The van der Waals surface area contributed by atoms with Crippen LogP contribution in [0, 0.1) is 17.6 Å². The predicted molar refractivity (Wildman–Crippen MR) is 115 cm³/mol. The van der Waals surface area contributed by atoms with Crippen molar-refractivity contribution < 1.29 is 13.5 Å². The molecule has 9 heteroatoms. The molecule has 0 saturated carbocycles. The van der Waals surface area contributed by atoms with E-state index in [-0.39, 0.29) is 11.8 Å². The van der Waals surface area contributed by atoms with Crippen LogP contribution in [0.3, 0.4) is 0 Å². The largest absolute Gasteiger partial charge is 0.490 e. The lowest BCUT2D eigenvalue weighted by Crippen LogP contribution is -2.35. The zero-order valence-electron chi connectivity index (χ0n) is 17.0. The minimum atomic E-state index is -0.934. The lowest BCUT2D eigenvalue weighted by atomic mass is 9.98. The van der Waals surface area contributed by atoms with E-state index < -0.39 is 11.6 Å². The maximum absolute atomic E-state index is 14.4. The van der Waals surface area contributed by atoms with Crippen LogP contribution in [0.4, 0.5) is 14.5 Å². The van der Waals surface area contributed by atoms with Gasteiger partial charge in [-0.05, 0) is 13.0 Å². The Morgan fingerprint density at radius 1 is 1.13 bits per heavy atom. The molecular formula is C22H21F2N5OS. The van der Waals surface area contributed by atoms with Crippen molar-refractivity contribution >= 4 is 17.4 Å². The topological polar surface area (TPSA) is 64.0 Å². The Bertz CT molecular complexity index is 1100. The zero-order chi connectivity index (χ0) is 21.4. The van der Waals surface area contributed by atoms with E-state index in [0.717, 1.165) is 22.8 Å². The Balaban J connectivity index is 1.40. The van der Waals surface area contributed by atoms with Crippen LogP contribution in [0.25, 0.3) is 11.6 Å². The van der Waals surface area contributed by atoms with Gasteiger partial charge >= 0.3 is 0 Å². The molecule has 4 heterocycles. The lowest BCUT2D eigenvalue weighted by molar-refractivity contribution is 0.254. The van der Waals surface area contributed by atoms with Gasteiger partial charge in [-0.3, -0.25) is 0 Å². The Morgan fingerprint density at radius 2 is 1.94 bits per heavy atom.